The summed E-state index contributed by atoms with van der Waals surface area (Å²) >= 11 is 1.47. The van der Waals surface area contributed by atoms with Crippen LogP contribution in [0.3, 0.4) is 0 Å². The van der Waals surface area contributed by atoms with E-state index in [1.807, 2.05) is 25.1 Å². The van der Waals surface area contributed by atoms with Crippen molar-refractivity contribution >= 4 is 28.6 Å². The Hall–Kier alpha value is -2.54. The molecule has 1 aromatic carbocycles. The van der Waals surface area contributed by atoms with Crippen molar-refractivity contribution in [3.05, 3.63) is 47.8 Å². The van der Waals surface area contributed by atoms with E-state index in [4.69, 9.17) is 10.9 Å². The van der Waals surface area contributed by atoms with Crippen LogP contribution < -0.4 is 5.73 Å². The molecule has 6 nitrogen and oxygen atoms in total. The van der Waals surface area contributed by atoms with Gasteiger partial charge in [-0.15, -0.1) is 0 Å². The largest absolute Gasteiger partial charge is 0.409 e. The maximum atomic E-state index is 8.60. The minimum absolute atomic E-state index is 0.00855. The number of aromatic nitrogens is 3. The first kappa shape index (κ1) is 13.4. The Morgan fingerprint density at radius 3 is 2.90 bits per heavy atom. The van der Waals surface area contributed by atoms with Crippen LogP contribution in [0.2, 0.25) is 0 Å². The van der Waals surface area contributed by atoms with E-state index in [0.29, 0.717) is 5.69 Å². The third-order valence-electron chi connectivity index (χ3n) is 2.94. The van der Waals surface area contributed by atoms with E-state index in [0.717, 1.165) is 21.1 Å². The molecular weight excluding hydrogens is 286 g/mol. The molecule has 0 fully saturated rings. The second-order valence-corrected chi connectivity index (χ2v) is 5.59. The molecule has 7 heteroatoms. The van der Waals surface area contributed by atoms with Crippen LogP contribution in [0.1, 0.15) is 11.3 Å². The van der Waals surface area contributed by atoms with E-state index in [1.165, 1.54) is 17.3 Å². The quantitative estimate of drug-likeness (QED) is 0.298. The molecule has 3 rings (SSSR count). The molecule has 2 aromatic heterocycles. The van der Waals surface area contributed by atoms with Crippen molar-refractivity contribution in [2.45, 2.75) is 17.0 Å². The summed E-state index contributed by atoms with van der Waals surface area (Å²) in [6, 6.07) is 9.63. The highest BCUT2D eigenvalue weighted by Gasteiger charge is 2.06. The number of aryl methyl sites for hydroxylation is 1. The maximum absolute atomic E-state index is 8.60. The standard InChI is InChI=1S/C14H13N5OS/c1-8-2-4-10-12(6-8)18-14(17-10)21-9-3-5-11(16-7-9)13(15)19-20/h2-7,20H,1H3,(H2,15,19)(H,17,18). The molecule has 0 atom stereocenters. The lowest BCUT2D eigenvalue weighted by Gasteiger charge is -2.00. The topological polar surface area (TPSA) is 100 Å². The van der Waals surface area contributed by atoms with Gasteiger partial charge in [-0.2, -0.15) is 0 Å². The highest BCUT2D eigenvalue weighted by molar-refractivity contribution is 7.99. The summed E-state index contributed by atoms with van der Waals surface area (Å²) in [5, 5.41) is 12.3. The lowest BCUT2D eigenvalue weighted by atomic mass is 10.2. The number of benzene rings is 1. The van der Waals surface area contributed by atoms with Gasteiger partial charge in [0.1, 0.15) is 5.69 Å². The van der Waals surface area contributed by atoms with Crippen molar-refractivity contribution in [2.24, 2.45) is 10.9 Å². The van der Waals surface area contributed by atoms with Crippen LogP contribution in [0.15, 0.2) is 51.7 Å². The fraction of sp³-hybridized carbons (Fsp3) is 0.0714. The Morgan fingerprint density at radius 1 is 1.33 bits per heavy atom. The predicted octanol–water partition coefficient (Wildman–Crippen LogP) is 2.51. The van der Waals surface area contributed by atoms with Gasteiger partial charge in [0.2, 0.25) is 0 Å². The van der Waals surface area contributed by atoms with Gasteiger partial charge in [0.05, 0.1) is 11.0 Å². The fourth-order valence-electron chi connectivity index (χ4n) is 1.90. The third-order valence-corrected chi connectivity index (χ3v) is 3.80. The molecule has 0 aliphatic rings. The summed E-state index contributed by atoms with van der Waals surface area (Å²) in [5.41, 5.74) is 9.04. The molecule has 0 spiro atoms. The van der Waals surface area contributed by atoms with Gasteiger partial charge in [-0.25, -0.2) is 4.98 Å². The normalized spacial score (nSPS) is 12.0. The minimum Gasteiger partial charge on any atom is -0.409 e. The van der Waals surface area contributed by atoms with Crippen molar-refractivity contribution in [3.8, 4) is 0 Å². The van der Waals surface area contributed by atoms with E-state index < -0.39 is 0 Å². The summed E-state index contributed by atoms with van der Waals surface area (Å²) in [6.45, 7) is 2.04. The van der Waals surface area contributed by atoms with E-state index >= 15 is 0 Å². The molecule has 0 radical (unpaired) electrons. The zero-order valence-electron chi connectivity index (χ0n) is 11.2. The van der Waals surface area contributed by atoms with Gasteiger partial charge in [-0.05, 0) is 36.8 Å². The lowest BCUT2D eigenvalue weighted by molar-refractivity contribution is 0.318. The van der Waals surface area contributed by atoms with Crippen molar-refractivity contribution in [1.82, 2.24) is 15.0 Å². The van der Waals surface area contributed by atoms with E-state index in [1.54, 1.807) is 12.3 Å². The molecule has 3 aromatic rings. The SMILES string of the molecule is Cc1ccc2nc(Sc3ccc(/C(N)=N/O)nc3)[nH]c2c1. The summed E-state index contributed by atoms with van der Waals surface area (Å²) < 4.78 is 0. The van der Waals surface area contributed by atoms with Gasteiger partial charge in [0.15, 0.2) is 11.0 Å². The molecular formula is C14H13N5OS. The zero-order chi connectivity index (χ0) is 14.8. The first-order chi connectivity index (χ1) is 10.2. The number of amidine groups is 1. The highest BCUT2D eigenvalue weighted by atomic mass is 32.2. The Labute approximate surface area is 125 Å². The van der Waals surface area contributed by atoms with Crippen molar-refractivity contribution in [2.75, 3.05) is 0 Å². The van der Waals surface area contributed by atoms with Gasteiger partial charge in [-0.1, -0.05) is 23.0 Å². The Kier molecular flexibility index (Phi) is 3.49. The number of hydrogen-bond donors (Lipinski definition) is 3. The lowest BCUT2D eigenvalue weighted by Crippen LogP contribution is -2.14. The summed E-state index contributed by atoms with van der Waals surface area (Å²) in [7, 11) is 0. The average Bonchev–Trinajstić information content (AvgIpc) is 2.88. The van der Waals surface area contributed by atoms with Gasteiger partial charge >= 0.3 is 0 Å². The van der Waals surface area contributed by atoms with Gasteiger partial charge in [0.25, 0.3) is 0 Å². The Bertz CT molecular complexity index is 810. The van der Waals surface area contributed by atoms with Crippen LogP contribution >= 0.6 is 11.8 Å². The summed E-state index contributed by atoms with van der Waals surface area (Å²) in [6.07, 6.45) is 1.66. The second kappa shape index (κ2) is 5.45. The predicted molar refractivity (Wildman–Crippen MR) is 81.7 cm³/mol. The van der Waals surface area contributed by atoms with E-state index in [-0.39, 0.29) is 5.84 Å². The molecule has 0 aliphatic carbocycles. The Balaban J connectivity index is 1.84. The number of pyridine rings is 1. The van der Waals surface area contributed by atoms with Gasteiger partial charge < -0.3 is 15.9 Å². The molecule has 0 saturated carbocycles. The van der Waals surface area contributed by atoms with Crippen molar-refractivity contribution in [3.63, 3.8) is 0 Å². The fourth-order valence-corrected chi connectivity index (χ4v) is 2.67. The third kappa shape index (κ3) is 2.82. The number of rotatable bonds is 3. The number of oxime groups is 1. The molecule has 21 heavy (non-hydrogen) atoms. The first-order valence-electron chi connectivity index (χ1n) is 6.24. The van der Waals surface area contributed by atoms with Crippen LogP contribution in [0, 0.1) is 6.92 Å². The second-order valence-electron chi connectivity index (χ2n) is 4.53. The summed E-state index contributed by atoms with van der Waals surface area (Å²) in [5.74, 6) is -0.00855. The minimum atomic E-state index is -0.00855. The number of aromatic amines is 1. The van der Waals surface area contributed by atoms with Crippen LogP contribution in [-0.2, 0) is 0 Å². The molecule has 2 heterocycles. The van der Waals surface area contributed by atoms with Crippen LogP contribution in [0.4, 0.5) is 0 Å². The monoisotopic (exact) mass is 299 g/mol. The van der Waals surface area contributed by atoms with E-state index in [9.17, 15) is 0 Å². The summed E-state index contributed by atoms with van der Waals surface area (Å²) in [4.78, 5) is 12.8. The van der Waals surface area contributed by atoms with Gasteiger partial charge in [0, 0.05) is 11.1 Å². The van der Waals surface area contributed by atoms with Crippen LogP contribution in [-0.4, -0.2) is 26.0 Å². The number of hydrogen-bond acceptors (Lipinski definition) is 5. The number of nitrogens with one attached hydrogen (secondary N) is 1. The number of nitrogens with zero attached hydrogens (tertiary/aromatic N) is 3. The maximum Gasteiger partial charge on any atom is 0.188 e. The molecule has 0 unspecified atom stereocenters. The molecule has 0 bridgehead atoms. The molecule has 0 aliphatic heterocycles. The van der Waals surface area contributed by atoms with Crippen LogP contribution in [0.25, 0.3) is 11.0 Å². The van der Waals surface area contributed by atoms with Crippen molar-refractivity contribution in [1.29, 1.82) is 0 Å². The number of fused-ring (bicyclic) bond motifs is 1. The number of H-pyrrole nitrogens is 1. The van der Waals surface area contributed by atoms with E-state index in [2.05, 4.69) is 26.2 Å². The van der Waals surface area contributed by atoms with Crippen LogP contribution in [0.5, 0.6) is 0 Å². The smallest absolute Gasteiger partial charge is 0.188 e. The zero-order valence-corrected chi connectivity index (χ0v) is 12.1. The molecule has 106 valence electrons. The average molecular weight is 299 g/mol. The number of imidazole rings is 1. The molecule has 0 saturated heterocycles. The van der Waals surface area contributed by atoms with Crippen molar-refractivity contribution < 1.29 is 5.21 Å². The molecule has 0 amide bonds. The van der Waals surface area contributed by atoms with Gasteiger partial charge in [-0.3, -0.25) is 4.98 Å². The molecule has 4 N–H and O–H groups in total. The Morgan fingerprint density at radius 2 is 2.19 bits per heavy atom. The number of nitrogens with two attached hydrogens (primary N) is 1. The first-order valence-corrected chi connectivity index (χ1v) is 7.05. The highest BCUT2D eigenvalue weighted by Crippen LogP contribution is 2.27.